The zero-order chi connectivity index (χ0) is 16.1. The van der Waals surface area contributed by atoms with Crippen LogP contribution < -0.4 is 9.96 Å². The van der Waals surface area contributed by atoms with Crippen LogP contribution in [0.5, 0.6) is 5.75 Å². The van der Waals surface area contributed by atoms with Crippen LogP contribution in [0.4, 0.5) is 5.69 Å². The molecule has 1 atom stereocenters. The van der Waals surface area contributed by atoms with Gasteiger partial charge in [-0.3, -0.25) is 4.79 Å². The lowest BCUT2D eigenvalue weighted by Gasteiger charge is -2.10. The van der Waals surface area contributed by atoms with Gasteiger partial charge in [0.2, 0.25) is 0 Å². The van der Waals surface area contributed by atoms with E-state index in [1.54, 1.807) is 30.3 Å². The number of carbonyl (C=O) groups excluding carboxylic acids is 1. The van der Waals surface area contributed by atoms with Crippen LogP contribution in [0, 0.1) is 12.1 Å². The molecule has 0 saturated heterocycles. The number of benzene rings is 2. The molecule has 0 spiro atoms. The first kappa shape index (κ1) is 15.9. The second-order valence-electron chi connectivity index (χ2n) is 4.83. The average Bonchev–Trinajstić information content (AvgIpc) is 2.53. The normalized spacial score (nSPS) is 12.4. The summed E-state index contributed by atoms with van der Waals surface area (Å²) in [7, 11) is 1.52. The van der Waals surface area contributed by atoms with Crippen LogP contribution in [0.3, 0.4) is 0 Å². The maximum Gasteiger partial charge on any atom is 0.189 e. The highest BCUT2D eigenvalue weighted by Crippen LogP contribution is 2.21. The Morgan fingerprint density at radius 3 is 2.50 bits per heavy atom. The molecule has 22 heavy (non-hydrogen) atoms. The first-order valence-corrected chi connectivity index (χ1v) is 6.71. The number of aryl methyl sites for hydroxylation is 1. The van der Waals surface area contributed by atoms with E-state index in [9.17, 15) is 10.0 Å². The number of quaternary nitrogens is 1. The summed E-state index contributed by atoms with van der Waals surface area (Å²) in [6, 6.07) is 11.7. The predicted molar refractivity (Wildman–Crippen MR) is 83.3 cm³/mol. The van der Waals surface area contributed by atoms with Crippen molar-refractivity contribution in [1.82, 2.24) is 0 Å². The van der Waals surface area contributed by atoms with Crippen molar-refractivity contribution >= 4 is 17.5 Å². The van der Waals surface area contributed by atoms with E-state index in [4.69, 9.17) is 9.94 Å². The van der Waals surface area contributed by atoms with Gasteiger partial charge in [0.15, 0.2) is 11.5 Å². The molecule has 0 fully saturated rings. The zero-order valence-electron chi connectivity index (χ0n) is 12.4. The largest absolute Gasteiger partial charge is 0.595 e. The maximum atomic E-state index is 12.3. The van der Waals surface area contributed by atoms with Crippen molar-refractivity contribution in [3.8, 4) is 5.75 Å². The van der Waals surface area contributed by atoms with E-state index in [1.165, 1.54) is 25.3 Å². The molecule has 0 heterocycles. The van der Waals surface area contributed by atoms with Gasteiger partial charge in [-0.15, -0.1) is 0 Å². The lowest BCUT2D eigenvalue weighted by molar-refractivity contribution is -0.991. The lowest BCUT2D eigenvalue weighted by atomic mass is 10.1. The molecule has 114 valence electrons. The van der Waals surface area contributed by atoms with Crippen LogP contribution in [0.2, 0.25) is 0 Å². The van der Waals surface area contributed by atoms with E-state index in [0.717, 1.165) is 11.1 Å². The summed E-state index contributed by atoms with van der Waals surface area (Å²) < 4.78 is 5.20. The van der Waals surface area contributed by atoms with Gasteiger partial charge in [-0.1, -0.05) is 17.7 Å². The molecule has 2 rings (SSSR count). The first-order valence-electron chi connectivity index (χ1n) is 6.71. The number of ketones is 1. The third-order valence-electron chi connectivity index (χ3n) is 3.21. The number of carbonyl (C=O) groups is 1. The zero-order valence-corrected chi connectivity index (χ0v) is 12.4. The SMILES string of the molecule is COc1ccc(C)cc1C(=O)C=Cc1ccc([NH+]([O-])O)cc1. The summed E-state index contributed by atoms with van der Waals surface area (Å²) in [6.45, 7) is 1.91. The van der Waals surface area contributed by atoms with Gasteiger partial charge >= 0.3 is 0 Å². The number of nitrogens with one attached hydrogen (secondary N) is 1. The van der Waals surface area contributed by atoms with Gasteiger partial charge in [0.1, 0.15) is 5.75 Å². The highest BCUT2D eigenvalue weighted by molar-refractivity contribution is 6.08. The highest BCUT2D eigenvalue weighted by atomic mass is 16.8. The first-order chi connectivity index (χ1) is 10.5. The Balaban J connectivity index is 2.19. The Morgan fingerprint density at radius 2 is 1.91 bits per heavy atom. The van der Waals surface area contributed by atoms with Crippen molar-refractivity contribution in [2.75, 3.05) is 7.11 Å². The van der Waals surface area contributed by atoms with Crippen molar-refractivity contribution < 1.29 is 20.0 Å². The fourth-order valence-corrected chi connectivity index (χ4v) is 2.01. The summed E-state index contributed by atoms with van der Waals surface area (Å²) in [6.07, 6.45) is 3.10. The molecule has 2 aromatic rings. The molecular formula is C17H17NO4. The quantitative estimate of drug-likeness (QED) is 0.505. The van der Waals surface area contributed by atoms with Crippen molar-refractivity contribution in [2.24, 2.45) is 0 Å². The predicted octanol–water partition coefficient (Wildman–Crippen LogP) is 2.30. The third-order valence-corrected chi connectivity index (χ3v) is 3.21. The van der Waals surface area contributed by atoms with Gasteiger partial charge in [0.25, 0.3) is 0 Å². The monoisotopic (exact) mass is 299 g/mol. The fourth-order valence-electron chi connectivity index (χ4n) is 2.01. The van der Waals surface area contributed by atoms with Crippen LogP contribution >= 0.6 is 0 Å². The molecule has 0 saturated carbocycles. The Labute approximate surface area is 128 Å². The van der Waals surface area contributed by atoms with Crippen molar-refractivity contribution in [3.63, 3.8) is 0 Å². The van der Waals surface area contributed by atoms with Crippen LogP contribution in [0.1, 0.15) is 21.5 Å². The molecule has 0 bridgehead atoms. The molecule has 0 radical (unpaired) electrons. The second-order valence-corrected chi connectivity index (χ2v) is 4.83. The topological polar surface area (TPSA) is 74.0 Å². The molecule has 0 amide bonds. The standard InChI is InChI=1S/C17H17NO4/c1-12-3-10-17(22-2)15(11-12)16(19)9-6-13-4-7-14(8-5-13)18(20)21/h3-11,18,20H,1-2H3. The lowest BCUT2D eigenvalue weighted by Crippen LogP contribution is -2.99. The minimum atomic E-state index is -0.976. The molecular weight excluding hydrogens is 282 g/mol. The Morgan fingerprint density at radius 1 is 1.23 bits per heavy atom. The Kier molecular flexibility index (Phi) is 5.06. The average molecular weight is 299 g/mol. The van der Waals surface area contributed by atoms with Gasteiger partial charge in [-0.2, -0.15) is 5.23 Å². The smallest absolute Gasteiger partial charge is 0.189 e. The molecule has 1 unspecified atom stereocenters. The van der Waals surface area contributed by atoms with Crippen molar-refractivity contribution in [3.05, 3.63) is 70.4 Å². The molecule has 0 aliphatic heterocycles. The molecule has 5 heteroatoms. The van der Waals surface area contributed by atoms with Gasteiger partial charge in [-0.05, 0) is 42.8 Å². The van der Waals surface area contributed by atoms with E-state index in [1.807, 2.05) is 13.0 Å². The summed E-state index contributed by atoms with van der Waals surface area (Å²) in [4.78, 5) is 12.3. The van der Waals surface area contributed by atoms with E-state index in [-0.39, 0.29) is 11.5 Å². The third kappa shape index (κ3) is 3.79. The summed E-state index contributed by atoms with van der Waals surface area (Å²) in [5.74, 6) is 0.365. The number of allylic oxidation sites excluding steroid dienone is 1. The number of hydrogen-bond donors (Lipinski definition) is 2. The molecule has 2 aromatic carbocycles. The van der Waals surface area contributed by atoms with E-state index in [0.29, 0.717) is 11.3 Å². The minimum Gasteiger partial charge on any atom is -0.595 e. The molecule has 0 aromatic heterocycles. The highest BCUT2D eigenvalue weighted by Gasteiger charge is 2.09. The van der Waals surface area contributed by atoms with Crippen molar-refractivity contribution in [1.29, 1.82) is 0 Å². The number of rotatable bonds is 5. The molecule has 0 aliphatic rings. The van der Waals surface area contributed by atoms with E-state index in [2.05, 4.69) is 0 Å². The maximum absolute atomic E-state index is 12.3. The molecule has 2 N–H and O–H groups in total. The number of ether oxygens (including phenoxy) is 1. The second kappa shape index (κ2) is 7.00. The molecule has 5 nitrogen and oxygen atoms in total. The summed E-state index contributed by atoms with van der Waals surface area (Å²) in [5.41, 5.74) is 2.44. The van der Waals surface area contributed by atoms with E-state index < -0.39 is 5.23 Å². The van der Waals surface area contributed by atoms with Gasteiger partial charge in [0, 0.05) is 12.1 Å². The van der Waals surface area contributed by atoms with Gasteiger partial charge < -0.3 is 9.94 Å². The van der Waals surface area contributed by atoms with Gasteiger partial charge in [-0.25, -0.2) is 5.21 Å². The summed E-state index contributed by atoms with van der Waals surface area (Å²) in [5, 5.41) is 18.6. The minimum absolute atomic E-state index is 0.164. The van der Waals surface area contributed by atoms with Gasteiger partial charge in [0.05, 0.1) is 12.7 Å². The van der Waals surface area contributed by atoms with Crippen LogP contribution in [-0.4, -0.2) is 18.1 Å². The van der Waals surface area contributed by atoms with Crippen LogP contribution in [-0.2, 0) is 0 Å². The Bertz CT molecular complexity index is 690. The molecule has 0 aliphatic carbocycles. The Hall–Kier alpha value is -2.47. The summed E-state index contributed by atoms with van der Waals surface area (Å²) >= 11 is 0. The van der Waals surface area contributed by atoms with Crippen LogP contribution in [0.25, 0.3) is 6.08 Å². The van der Waals surface area contributed by atoms with Crippen molar-refractivity contribution in [2.45, 2.75) is 6.92 Å². The van der Waals surface area contributed by atoms with E-state index >= 15 is 0 Å². The number of hydrogen-bond acceptors (Lipinski definition) is 4. The fraction of sp³-hybridized carbons (Fsp3) is 0.118. The number of methoxy groups -OCH3 is 1. The van der Waals surface area contributed by atoms with Crippen LogP contribution in [0.15, 0.2) is 48.5 Å².